The highest BCUT2D eigenvalue weighted by Crippen LogP contribution is 2.38. The third kappa shape index (κ3) is 4.97. The average molecular weight is 443 g/mol. The Kier molecular flexibility index (Phi) is 5.72. The Morgan fingerprint density at radius 2 is 1.45 bits per heavy atom. The number of nitrogens with zero attached hydrogens (tertiary/aromatic N) is 4. The maximum absolute atomic E-state index is 13.7. The summed E-state index contributed by atoms with van der Waals surface area (Å²) in [6.07, 6.45) is -9.19. The van der Waals surface area contributed by atoms with E-state index in [9.17, 15) is 26.3 Å². The van der Waals surface area contributed by atoms with Gasteiger partial charge in [-0.05, 0) is 67.1 Å². The van der Waals surface area contributed by atoms with Crippen LogP contribution in [0.3, 0.4) is 0 Å². The van der Waals surface area contributed by atoms with Gasteiger partial charge in [0.25, 0.3) is 0 Å². The Labute approximate surface area is 174 Å². The van der Waals surface area contributed by atoms with E-state index in [4.69, 9.17) is 0 Å². The second kappa shape index (κ2) is 7.86. The second-order valence-corrected chi connectivity index (χ2v) is 7.86. The van der Waals surface area contributed by atoms with Crippen molar-refractivity contribution in [2.75, 3.05) is 5.32 Å². The third-order valence-corrected chi connectivity index (χ3v) is 4.49. The minimum Gasteiger partial charge on any atom is -0.371 e. The van der Waals surface area contributed by atoms with Gasteiger partial charge in [-0.1, -0.05) is 18.2 Å². The molecular weight excluding hydrogens is 424 g/mol. The first-order valence-electron chi connectivity index (χ1n) is 9.17. The van der Waals surface area contributed by atoms with Crippen molar-refractivity contribution in [3.63, 3.8) is 0 Å². The Morgan fingerprint density at radius 3 is 2.00 bits per heavy atom. The molecule has 0 aliphatic carbocycles. The van der Waals surface area contributed by atoms with Crippen molar-refractivity contribution < 1.29 is 26.3 Å². The first-order valence-corrected chi connectivity index (χ1v) is 9.17. The SMILES string of the molecule is CC(C)(C)n1nnnc1[C@H](Nc1ccc(C(F)(F)F)cc1)c1ccccc1C(F)(F)F. The van der Waals surface area contributed by atoms with Gasteiger partial charge in [-0.3, -0.25) is 0 Å². The first kappa shape index (κ1) is 22.6. The van der Waals surface area contributed by atoms with E-state index in [0.29, 0.717) is 0 Å². The highest BCUT2D eigenvalue weighted by Gasteiger charge is 2.38. The van der Waals surface area contributed by atoms with Crippen molar-refractivity contribution in [3.8, 4) is 0 Å². The molecule has 3 aromatic rings. The van der Waals surface area contributed by atoms with Gasteiger partial charge in [0.2, 0.25) is 0 Å². The first-order chi connectivity index (χ1) is 14.3. The summed E-state index contributed by atoms with van der Waals surface area (Å²) >= 11 is 0. The van der Waals surface area contributed by atoms with Crippen molar-refractivity contribution in [1.29, 1.82) is 0 Å². The standard InChI is InChI=1S/C20H19F6N5/c1-18(2,3)31-17(28-29-30-31)16(14-6-4-5-7-15(14)20(24,25)26)27-13-10-8-12(9-11-13)19(21,22)23/h4-11,16,27H,1-3H3/t16-/m1/s1. The number of hydrogen-bond acceptors (Lipinski definition) is 4. The molecule has 11 heteroatoms. The number of halogens is 6. The summed E-state index contributed by atoms with van der Waals surface area (Å²) in [4.78, 5) is 0. The van der Waals surface area contributed by atoms with E-state index in [2.05, 4.69) is 20.8 Å². The predicted octanol–water partition coefficient (Wildman–Crippen LogP) is 5.67. The number of hydrogen-bond donors (Lipinski definition) is 1. The summed E-state index contributed by atoms with van der Waals surface area (Å²) in [7, 11) is 0. The number of nitrogens with one attached hydrogen (secondary N) is 1. The van der Waals surface area contributed by atoms with Crippen LogP contribution in [0.2, 0.25) is 0 Å². The van der Waals surface area contributed by atoms with Crippen LogP contribution in [-0.4, -0.2) is 20.2 Å². The molecule has 0 saturated heterocycles. The predicted molar refractivity (Wildman–Crippen MR) is 101 cm³/mol. The maximum atomic E-state index is 13.7. The smallest absolute Gasteiger partial charge is 0.371 e. The molecule has 1 N–H and O–H groups in total. The number of benzene rings is 2. The fourth-order valence-corrected chi connectivity index (χ4v) is 3.06. The van der Waals surface area contributed by atoms with E-state index >= 15 is 0 Å². The van der Waals surface area contributed by atoms with Crippen LogP contribution in [0.15, 0.2) is 48.5 Å². The molecule has 5 nitrogen and oxygen atoms in total. The Morgan fingerprint density at radius 1 is 0.839 bits per heavy atom. The summed E-state index contributed by atoms with van der Waals surface area (Å²) < 4.78 is 81.1. The largest absolute Gasteiger partial charge is 0.416 e. The number of anilines is 1. The lowest BCUT2D eigenvalue weighted by molar-refractivity contribution is -0.138. The van der Waals surface area contributed by atoms with E-state index in [1.807, 2.05) is 0 Å². The lowest BCUT2D eigenvalue weighted by Crippen LogP contribution is -2.30. The zero-order chi connectivity index (χ0) is 23.0. The van der Waals surface area contributed by atoms with Gasteiger partial charge in [0, 0.05) is 5.69 Å². The molecule has 0 bridgehead atoms. The molecule has 0 amide bonds. The maximum Gasteiger partial charge on any atom is 0.416 e. The number of alkyl halides is 6. The molecule has 0 radical (unpaired) electrons. The highest BCUT2D eigenvalue weighted by atomic mass is 19.4. The van der Waals surface area contributed by atoms with Crippen LogP contribution in [0.1, 0.15) is 49.3 Å². The number of tetrazole rings is 1. The zero-order valence-corrected chi connectivity index (χ0v) is 16.8. The van der Waals surface area contributed by atoms with Crippen LogP contribution >= 0.6 is 0 Å². The van der Waals surface area contributed by atoms with E-state index in [0.717, 1.165) is 30.3 Å². The van der Waals surface area contributed by atoms with Crippen LogP contribution < -0.4 is 5.32 Å². The Balaban J connectivity index is 2.13. The van der Waals surface area contributed by atoms with Gasteiger partial charge in [0.05, 0.1) is 16.7 Å². The molecule has 31 heavy (non-hydrogen) atoms. The summed E-state index contributed by atoms with van der Waals surface area (Å²) in [6.45, 7) is 5.33. The Hall–Kier alpha value is -3.11. The molecule has 1 atom stereocenters. The molecular formula is C20H19F6N5. The number of rotatable bonds is 4. The molecule has 166 valence electrons. The van der Waals surface area contributed by atoms with Crippen LogP contribution in [-0.2, 0) is 17.9 Å². The molecule has 0 aliphatic heterocycles. The van der Waals surface area contributed by atoms with Crippen molar-refractivity contribution in [3.05, 3.63) is 71.0 Å². The van der Waals surface area contributed by atoms with Crippen molar-refractivity contribution in [1.82, 2.24) is 20.2 Å². The topological polar surface area (TPSA) is 55.6 Å². The summed E-state index contributed by atoms with van der Waals surface area (Å²) in [5.74, 6) is 0.0871. The van der Waals surface area contributed by atoms with E-state index < -0.39 is 35.1 Å². The fraction of sp³-hybridized carbons (Fsp3) is 0.350. The Bertz CT molecular complexity index is 1030. The fourth-order valence-electron chi connectivity index (χ4n) is 3.06. The van der Waals surface area contributed by atoms with Gasteiger partial charge in [-0.25, -0.2) is 4.68 Å². The van der Waals surface area contributed by atoms with Crippen molar-refractivity contribution >= 4 is 5.69 Å². The molecule has 0 unspecified atom stereocenters. The van der Waals surface area contributed by atoms with Gasteiger partial charge in [-0.15, -0.1) is 5.10 Å². The molecule has 0 fully saturated rings. The minimum atomic E-state index is -4.66. The summed E-state index contributed by atoms with van der Waals surface area (Å²) in [5.41, 5.74) is -2.41. The minimum absolute atomic E-state index is 0.0871. The molecule has 2 aromatic carbocycles. The molecule has 0 saturated carbocycles. The lowest BCUT2D eigenvalue weighted by Gasteiger charge is -2.27. The molecule has 0 aliphatic rings. The van der Waals surface area contributed by atoms with Gasteiger partial charge >= 0.3 is 12.4 Å². The number of aromatic nitrogens is 4. The van der Waals surface area contributed by atoms with Crippen molar-refractivity contribution in [2.45, 2.75) is 44.7 Å². The summed E-state index contributed by atoms with van der Waals surface area (Å²) in [6, 6.07) is 7.74. The third-order valence-electron chi connectivity index (χ3n) is 4.49. The van der Waals surface area contributed by atoms with Crippen LogP contribution in [0, 0.1) is 0 Å². The van der Waals surface area contributed by atoms with Crippen LogP contribution in [0.25, 0.3) is 0 Å². The van der Waals surface area contributed by atoms with Crippen molar-refractivity contribution in [2.24, 2.45) is 0 Å². The summed E-state index contributed by atoms with van der Waals surface area (Å²) in [5, 5.41) is 14.3. The monoisotopic (exact) mass is 443 g/mol. The van der Waals surface area contributed by atoms with Gasteiger partial charge in [0.1, 0.15) is 6.04 Å². The van der Waals surface area contributed by atoms with E-state index in [1.54, 1.807) is 20.8 Å². The van der Waals surface area contributed by atoms with Crippen LogP contribution in [0.5, 0.6) is 0 Å². The normalized spacial score (nSPS) is 13.8. The quantitative estimate of drug-likeness (QED) is 0.528. The second-order valence-electron chi connectivity index (χ2n) is 7.86. The lowest BCUT2D eigenvalue weighted by atomic mass is 9.97. The van der Waals surface area contributed by atoms with Crippen LogP contribution in [0.4, 0.5) is 32.0 Å². The van der Waals surface area contributed by atoms with E-state index in [1.165, 1.54) is 22.9 Å². The van der Waals surface area contributed by atoms with Gasteiger partial charge in [0.15, 0.2) is 5.82 Å². The van der Waals surface area contributed by atoms with E-state index in [-0.39, 0.29) is 17.1 Å². The average Bonchev–Trinajstić information content (AvgIpc) is 3.15. The zero-order valence-electron chi connectivity index (χ0n) is 16.8. The van der Waals surface area contributed by atoms with Gasteiger partial charge in [-0.2, -0.15) is 26.3 Å². The molecule has 3 rings (SSSR count). The molecule has 1 aromatic heterocycles. The van der Waals surface area contributed by atoms with Gasteiger partial charge < -0.3 is 5.32 Å². The highest BCUT2D eigenvalue weighted by molar-refractivity contribution is 5.50. The molecule has 1 heterocycles. The molecule has 0 spiro atoms.